The van der Waals surface area contributed by atoms with Gasteiger partial charge in [-0.3, -0.25) is 19.2 Å². The van der Waals surface area contributed by atoms with Crippen LogP contribution in [0.15, 0.2) is 0 Å². The number of hydrogen-bond donors (Lipinski definition) is 0. The molecule has 0 spiro atoms. The molecule has 0 aliphatic carbocycles. The number of carbonyl (C=O) groups is 4. The Kier molecular flexibility index (Phi) is 13.5. The minimum Gasteiger partial charge on any atom is -0.456 e. The predicted octanol–water partition coefficient (Wildman–Crippen LogP) is 1.17. The Hall–Kier alpha value is -2.65. The van der Waals surface area contributed by atoms with Gasteiger partial charge in [0.05, 0.1) is 44.8 Å². The topological polar surface area (TPSA) is 190 Å². The lowest BCUT2D eigenvalue weighted by molar-refractivity contribution is -0.298. The second kappa shape index (κ2) is 15.5. The van der Waals surface area contributed by atoms with E-state index in [2.05, 4.69) is 0 Å². The van der Waals surface area contributed by atoms with Gasteiger partial charge in [-0.05, 0) is 11.8 Å². The summed E-state index contributed by atoms with van der Waals surface area (Å²) in [5, 5.41) is 17.5. The Balaban J connectivity index is 3.31. The van der Waals surface area contributed by atoms with Crippen molar-refractivity contribution >= 4 is 42.4 Å². The molecule has 16 heteroatoms. The van der Waals surface area contributed by atoms with Crippen molar-refractivity contribution in [2.24, 2.45) is 0 Å². The lowest BCUT2D eigenvalue weighted by Gasteiger charge is -2.43. The van der Waals surface area contributed by atoms with Crippen LogP contribution in [0.2, 0.25) is 0 Å². The highest BCUT2D eigenvalue weighted by molar-refractivity contribution is 8.07. The second-order valence-corrected chi connectivity index (χ2v) is 10.1. The van der Waals surface area contributed by atoms with Crippen LogP contribution in [0.25, 0.3) is 0 Å². The van der Waals surface area contributed by atoms with Crippen molar-refractivity contribution in [2.45, 2.75) is 71.2 Å². The van der Waals surface area contributed by atoms with Crippen LogP contribution in [0.4, 0.5) is 0 Å². The molecule has 36 heavy (non-hydrogen) atoms. The number of nitriles is 2. The summed E-state index contributed by atoms with van der Waals surface area (Å²) in [6.07, 6.45) is -7.25. The van der Waals surface area contributed by atoms with Crippen molar-refractivity contribution in [1.82, 2.24) is 0 Å². The third-order valence-electron chi connectivity index (χ3n) is 4.10. The van der Waals surface area contributed by atoms with Gasteiger partial charge in [0.15, 0.2) is 12.2 Å². The highest BCUT2D eigenvalue weighted by Gasteiger charge is 2.53. The molecule has 200 valence electrons. The van der Waals surface area contributed by atoms with E-state index in [1.807, 2.05) is 12.1 Å². The summed E-state index contributed by atoms with van der Waals surface area (Å²) in [5.74, 6) is -3.24. The minimum atomic E-state index is -3.53. The van der Waals surface area contributed by atoms with Gasteiger partial charge in [0.1, 0.15) is 6.10 Å². The summed E-state index contributed by atoms with van der Waals surface area (Å²) >= 11 is 5.32. The number of rotatable bonds is 13. The van der Waals surface area contributed by atoms with Gasteiger partial charge >= 0.3 is 30.6 Å². The van der Waals surface area contributed by atoms with Crippen molar-refractivity contribution < 1.29 is 56.4 Å². The van der Waals surface area contributed by atoms with E-state index in [0.717, 1.165) is 27.7 Å². The summed E-state index contributed by atoms with van der Waals surface area (Å²) in [7, 11) is 0. The monoisotopic (exact) mass is 550 g/mol. The fraction of sp³-hybridized carbons (Fsp3) is 0.700. The van der Waals surface area contributed by atoms with Gasteiger partial charge in [0.2, 0.25) is 12.4 Å². The van der Waals surface area contributed by atoms with Crippen molar-refractivity contribution in [1.29, 1.82) is 10.5 Å². The fourth-order valence-corrected chi connectivity index (χ4v) is 4.74. The molecule has 0 aromatic carbocycles. The zero-order valence-electron chi connectivity index (χ0n) is 20.1. The zero-order valence-corrected chi connectivity index (χ0v) is 21.8. The van der Waals surface area contributed by atoms with Crippen molar-refractivity contribution in [3.05, 3.63) is 0 Å². The van der Waals surface area contributed by atoms with Gasteiger partial charge in [-0.2, -0.15) is 10.5 Å². The van der Waals surface area contributed by atoms with Crippen LogP contribution < -0.4 is 0 Å². The van der Waals surface area contributed by atoms with Gasteiger partial charge in [-0.15, -0.1) is 0 Å². The molecule has 14 nitrogen and oxygen atoms in total. The molecule has 0 aromatic rings. The lowest BCUT2D eigenvalue weighted by Crippen LogP contribution is -2.63. The summed E-state index contributed by atoms with van der Waals surface area (Å²) in [5.41, 5.74) is 0. The lowest BCUT2D eigenvalue weighted by atomic mass is 9.98. The Morgan fingerprint density at radius 3 is 1.64 bits per heavy atom. The fourth-order valence-electron chi connectivity index (χ4n) is 2.93. The summed E-state index contributed by atoms with van der Waals surface area (Å²) in [6.45, 7) is 0.0321. The maximum absolute atomic E-state index is 11.9. The average molecular weight is 550 g/mol. The first kappa shape index (κ1) is 31.4. The molecule has 0 saturated carbocycles. The molecule has 0 radical (unpaired) electrons. The van der Waals surface area contributed by atoms with E-state index in [4.69, 9.17) is 59.6 Å². The summed E-state index contributed by atoms with van der Waals surface area (Å²) in [4.78, 5) is 47.1. The second-order valence-electron chi connectivity index (χ2n) is 7.10. The Bertz CT molecular complexity index is 909. The number of esters is 4. The summed E-state index contributed by atoms with van der Waals surface area (Å²) in [6, 6.07) is 3.75. The zero-order chi connectivity index (χ0) is 27.3. The Morgan fingerprint density at radius 1 is 0.750 bits per heavy atom. The summed E-state index contributed by atoms with van der Waals surface area (Å²) < 4.78 is 43.1. The highest BCUT2D eigenvalue weighted by Crippen LogP contribution is 2.50. The largest absolute Gasteiger partial charge is 0.456 e. The quantitative estimate of drug-likeness (QED) is 0.137. The Morgan fingerprint density at radius 2 is 1.19 bits per heavy atom. The number of carbonyl (C=O) groups excluding carboxylic acids is 4. The van der Waals surface area contributed by atoms with Crippen LogP contribution in [0.3, 0.4) is 0 Å². The molecule has 0 aromatic heterocycles. The van der Waals surface area contributed by atoms with Gasteiger partial charge in [0, 0.05) is 27.7 Å². The van der Waals surface area contributed by atoms with E-state index < -0.39 is 67.9 Å². The van der Waals surface area contributed by atoms with Crippen LogP contribution in [0.1, 0.15) is 40.5 Å². The average Bonchev–Trinajstić information content (AvgIpc) is 2.76. The highest BCUT2D eigenvalue weighted by atomic mass is 32.5. The van der Waals surface area contributed by atoms with Crippen LogP contribution in [0.5, 0.6) is 0 Å². The van der Waals surface area contributed by atoms with Crippen molar-refractivity contribution in [3.63, 3.8) is 0 Å². The number of hydrogen-bond acceptors (Lipinski definition) is 15. The SMILES string of the molecule is CC(=O)O[C@@H]1O[C@H](COP(=S)(OCCC#N)OCCC#N)[C@@H](OC(C)=O)[C@H](OC(C)=O)[C@H]1OC(C)=O. The Labute approximate surface area is 212 Å². The third kappa shape index (κ3) is 11.0. The van der Waals surface area contributed by atoms with Crippen LogP contribution in [-0.2, 0) is 68.2 Å². The standard InChI is InChI=1S/C20H27N2O12PS/c1-12(23)30-17-16(11-29-35(36,27-9-5-7-21)28-10-6-8-22)34-20(33-15(4)26)19(32-14(3)25)18(17)31-13(2)24/h16-20H,5-6,9-11H2,1-4H3/t16-,17-,18+,19-,20-/m1/s1. The molecule has 1 saturated heterocycles. The van der Waals surface area contributed by atoms with E-state index in [9.17, 15) is 19.2 Å². The molecule has 5 atom stereocenters. The number of nitrogens with zero attached hydrogens (tertiary/aromatic N) is 2. The molecular weight excluding hydrogens is 523 g/mol. The van der Waals surface area contributed by atoms with E-state index in [1.165, 1.54) is 0 Å². The van der Waals surface area contributed by atoms with E-state index in [-0.39, 0.29) is 26.1 Å². The van der Waals surface area contributed by atoms with Crippen LogP contribution in [-0.4, -0.2) is 74.4 Å². The maximum atomic E-state index is 11.9. The molecule has 0 unspecified atom stereocenters. The normalized spacial score (nSPS) is 23.4. The first-order valence-electron chi connectivity index (χ1n) is 10.5. The van der Waals surface area contributed by atoms with Crippen molar-refractivity contribution in [3.8, 4) is 12.1 Å². The van der Waals surface area contributed by atoms with Gasteiger partial charge in [0.25, 0.3) is 0 Å². The molecular formula is C20H27N2O12PS. The molecule has 1 fully saturated rings. The number of ether oxygens (including phenoxy) is 5. The van der Waals surface area contributed by atoms with Crippen molar-refractivity contribution in [2.75, 3.05) is 19.8 Å². The smallest absolute Gasteiger partial charge is 0.327 e. The minimum absolute atomic E-state index is 0.0214. The molecule has 0 N–H and O–H groups in total. The molecule has 1 rings (SSSR count). The van der Waals surface area contributed by atoms with Gasteiger partial charge in [-0.25, -0.2) is 0 Å². The first-order valence-corrected chi connectivity index (χ1v) is 13.1. The predicted molar refractivity (Wildman–Crippen MR) is 120 cm³/mol. The van der Waals surface area contributed by atoms with E-state index in [1.54, 1.807) is 0 Å². The third-order valence-corrected chi connectivity index (χ3v) is 6.51. The molecule has 0 amide bonds. The maximum Gasteiger partial charge on any atom is 0.327 e. The van der Waals surface area contributed by atoms with E-state index >= 15 is 0 Å². The first-order chi connectivity index (χ1) is 16.9. The van der Waals surface area contributed by atoms with E-state index in [0.29, 0.717) is 0 Å². The molecule has 1 aliphatic heterocycles. The van der Waals surface area contributed by atoms with Crippen LogP contribution >= 0.6 is 6.72 Å². The van der Waals surface area contributed by atoms with Gasteiger partial charge < -0.3 is 37.3 Å². The molecule has 0 bridgehead atoms. The van der Waals surface area contributed by atoms with Crippen LogP contribution in [0, 0.1) is 22.7 Å². The molecule has 1 aliphatic rings. The van der Waals surface area contributed by atoms with Gasteiger partial charge in [-0.1, -0.05) is 0 Å². The molecule has 1 heterocycles.